The van der Waals surface area contributed by atoms with E-state index in [-0.39, 0.29) is 4.90 Å². The van der Waals surface area contributed by atoms with E-state index in [1.54, 1.807) is 24.5 Å². The van der Waals surface area contributed by atoms with Crippen molar-refractivity contribution in [3.8, 4) is 11.1 Å². The summed E-state index contributed by atoms with van der Waals surface area (Å²) in [7, 11) is -3.83. The highest BCUT2D eigenvalue weighted by Gasteiger charge is 2.15. The SMILES string of the molecule is O=S(=O)(CF)c1ccc(-c2cnc(N3CCNCC3)nc2)cc1. The number of hydrogen-bond acceptors (Lipinski definition) is 6. The molecule has 0 radical (unpaired) electrons. The molecule has 0 saturated carbocycles. The molecule has 1 aromatic carbocycles. The van der Waals surface area contributed by atoms with E-state index in [1.807, 2.05) is 0 Å². The molecule has 0 unspecified atom stereocenters. The van der Waals surface area contributed by atoms with Crippen molar-refractivity contribution in [2.45, 2.75) is 4.90 Å². The lowest BCUT2D eigenvalue weighted by Gasteiger charge is -2.27. The molecule has 1 N–H and O–H groups in total. The predicted molar refractivity (Wildman–Crippen MR) is 85.7 cm³/mol. The average Bonchev–Trinajstić information content (AvgIpc) is 2.63. The lowest BCUT2D eigenvalue weighted by atomic mass is 10.1. The van der Waals surface area contributed by atoms with Crippen LogP contribution in [-0.2, 0) is 9.84 Å². The number of nitrogens with zero attached hydrogens (tertiary/aromatic N) is 3. The van der Waals surface area contributed by atoms with Gasteiger partial charge in [0, 0.05) is 44.1 Å². The van der Waals surface area contributed by atoms with Gasteiger partial charge in [-0.3, -0.25) is 0 Å². The molecule has 1 aliphatic rings. The molecule has 0 bridgehead atoms. The van der Waals surface area contributed by atoms with Gasteiger partial charge in [0.2, 0.25) is 15.8 Å². The summed E-state index contributed by atoms with van der Waals surface area (Å²) < 4.78 is 35.4. The van der Waals surface area contributed by atoms with Crippen LogP contribution in [0.4, 0.5) is 10.3 Å². The van der Waals surface area contributed by atoms with Crippen LogP contribution in [0.2, 0.25) is 0 Å². The number of hydrogen-bond donors (Lipinski definition) is 1. The van der Waals surface area contributed by atoms with Crippen molar-refractivity contribution in [3.05, 3.63) is 36.7 Å². The van der Waals surface area contributed by atoms with Gasteiger partial charge < -0.3 is 10.2 Å². The number of piperazine rings is 1. The number of rotatable bonds is 4. The Bertz CT molecular complexity index is 757. The number of halogens is 1. The van der Waals surface area contributed by atoms with Crippen molar-refractivity contribution in [2.75, 3.05) is 37.1 Å². The number of sulfone groups is 1. The molecular weight excluding hydrogens is 319 g/mol. The summed E-state index contributed by atoms with van der Waals surface area (Å²) in [5, 5.41) is 3.27. The molecule has 1 aromatic heterocycles. The van der Waals surface area contributed by atoms with Crippen LogP contribution >= 0.6 is 0 Å². The molecule has 6 nitrogen and oxygen atoms in total. The number of benzene rings is 1. The topological polar surface area (TPSA) is 75.2 Å². The van der Waals surface area contributed by atoms with Crippen LogP contribution in [0.25, 0.3) is 11.1 Å². The molecule has 2 aromatic rings. The van der Waals surface area contributed by atoms with Crippen LogP contribution in [0.3, 0.4) is 0 Å². The standard InChI is InChI=1S/C15H17FN4O2S/c16-11-23(21,22)14-3-1-12(2-4-14)13-9-18-15(19-10-13)20-7-5-17-6-8-20/h1-4,9-10,17H,5-8,11H2. The fourth-order valence-electron chi connectivity index (χ4n) is 2.42. The predicted octanol–water partition coefficient (Wildman–Crippen LogP) is 1.25. The van der Waals surface area contributed by atoms with Crippen molar-refractivity contribution < 1.29 is 12.8 Å². The van der Waals surface area contributed by atoms with E-state index in [2.05, 4.69) is 20.2 Å². The van der Waals surface area contributed by atoms with Crippen molar-refractivity contribution in [1.29, 1.82) is 0 Å². The van der Waals surface area contributed by atoms with E-state index in [4.69, 9.17) is 0 Å². The van der Waals surface area contributed by atoms with E-state index in [9.17, 15) is 12.8 Å². The molecule has 1 saturated heterocycles. The minimum atomic E-state index is -3.83. The van der Waals surface area contributed by atoms with Crippen LogP contribution in [-0.4, -0.2) is 50.6 Å². The van der Waals surface area contributed by atoms with Gasteiger partial charge in [0.15, 0.2) is 6.01 Å². The van der Waals surface area contributed by atoms with Crippen LogP contribution in [0.5, 0.6) is 0 Å². The maximum absolute atomic E-state index is 12.5. The summed E-state index contributed by atoms with van der Waals surface area (Å²) in [6.07, 6.45) is 3.42. The third-order valence-electron chi connectivity index (χ3n) is 3.73. The second-order valence-corrected chi connectivity index (χ2v) is 7.18. The average molecular weight is 336 g/mol. The molecule has 1 fully saturated rings. The van der Waals surface area contributed by atoms with Gasteiger partial charge in [-0.05, 0) is 17.7 Å². The quantitative estimate of drug-likeness (QED) is 0.906. The molecular formula is C15H17FN4O2S. The van der Waals surface area contributed by atoms with Crippen molar-refractivity contribution in [1.82, 2.24) is 15.3 Å². The highest BCUT2D eigenvalue weighted by atomic mass is 32.2. The lowest BCUT2D eigenvalue weighted by Crippen LogP contribution is -2.44. The van der Waals surface area contributed by atoms with E-state index >= 15 is 0 Å². The molecule has 0 atom stereocenters. The fraction of sp³-hybridized carbons (Fsp3) is 0.333. The second-order valence-electron chi connectivity index (χ2n) is 5.26. The summed E-state index contributed by atoms with van der Waals surface area (Å²) in [6.45, 7) is 3.56. The van der Waals surface area contributed by atoms with Gasteiger partial charge in [-0.25, -0.2) is 22.8 Å². The molecule has 3 rings (SSSR count). The first-order valence-corrected chi connectivity index (χ1v) is 8.92. The fourth-order valence-corrected chi connectivity index (χ4v) is 3.09. The molecule has 2 heterocycles. The number of anilines is 1. The van der Waals surface area contributed by atoms with Gasteiger partial charge in [-0.15, -0.1) is 0 Å². The molecule has 0 spiro atoms. The highest BCUT2D eigenvalue weighted by Crippen LogP contribution is 2.22. The first kappa shape index (κ1) is 15.8. The van der Waals surface area contributed by atoms with Crippen LogP contribution < -0.4 is 10.2 Å². The van der Waals surface area contributed by atoms with Gasteiger partial charge in [0.1, 0.15) is 0 Å². The second kappa shape index (κ2) is 6.59. The summed E-state index contributed by atoms with van der Waals surface area (Å²) in [6, 6.07) is 4.66. The number of nitrogens with one attached hydrogen (secondary N) is 1. The minimum absolute atomic E-state index is 0.0258. The van der Waals surface area contributed by atoms with Crippen LogP contribution in [0.15, 0.2) is 41.6 Å². The Labute approximate surface area is 134 Å². The lowest BCUT2D eigenvalue weighted by molar-refractivity contribution is 0.534. The van der Waals surface area contributed by atoms with Crippen molar-refractivity contribution in [2.24, 2.45) is 0 Å². The monoisotopic (exact) mass is 336 g/mol. The maximum Gasteiger partial charge on any atom is 0.225 e. The van der Waals surface area contributed by atoms with E-state index in [1.165, 1.54) is 12.1 Å². The van der Waals surface area contributed by atoms with Crippen LogP contribution in [0, 0.1) is 0 Å². The van der Waals surface area contributed by atoms with Gasteiger partial charge in [0.05, 0.1) is 4.90 Å². The highest BCUT2D eigenvalue weighted by molar-refractivity contribution is 7.91. The zero-order valence-corrected chi connectivity index (χ0v) is 13.3. The smallest absolute Gasteiger partial charge is 0.225 e. The molecule has 0 amide bonds. The zero-order chi connectivity index (χ0) is 16.3. The van der Waals surface area contributed by atoms with Crippen LogP contribution in [0.1, 0.15) is 0 Å². The van der Waals surface area contributed by atoms with E-state index < -0.39 is 15.8 Å². The van der Waals surface area contributed by atoms with E-state index in [0.717, 1.165) is 37.3 Å². The van der Waals surface area contributed by atoms with Gasteiger partial charge in [-0.2, -0.15) is 0 Å². The summed E-state index contributed by atoms with van der Waals surface area (Å²) in [5.74, 6) is 0.687. The molecule has 23 heavy (non-hydrogen) atoms. The van der Waals surface area contributed by atoms with E-state index in [0.29, 0.717) is 5.95 Å². The first-order valence-electron chi connectivity index (χ1n) is 7.27. The Morgan fingerprint density at radius 1 is 1.04 bits per heavy atom. The zero-order valence-electron chi connectivity index (χ0n) is 12.4. The summed E-state index contributed by atoms with van der Waals surface area (Å²) >= 11 is 0. The molecule has 8 heteroatoms. The minimum Gasteiger partial charge on any atom is -0.338 e. The Balaban J connectivity index is 1.79. The first-order chi connectivity index (χ1) is 11.1. The Kier molecular flexibility index (Phi) is 4.53. The van der Waals surface area contributed by atoms with Crippen molar-refractivity contribution >= 4 is 15.8 Å². The largest absolute Gasteiger partial charge is 0.338 e. The van der Waals surface area contributed by atoms with Crippen molar-refractivity contribution in [3.63, 3.8) is 0 Å². The molecule has 122 valence electrons. The Hall–Kier alpha value is -2.06. The molecule has 1 aliphatic heterocycles. The number of aromatic nitrogens is 2. The summed E-state index contributed by atoms with van der Waals surface area (Å²) in [5.41, 5.74) is 1.57. The normalized spacial score (nSPS) is 15.6. The Morgan fingerprint density at radius 2 is 1.65 bits per heavy atom. The van der Waals surface area contributed by atoms with Gasteiger partial charge >= 0.3 is 0 Å². The van der Waals surface area contributed by atoms with Gasteiger partial charge in [0.25, 0.3) is 0 Å². The summed E-state index contributed by atoms with van der Waals surface area (Å²) in [4.78, 5) is 10.8. The Morgan fingerprint density at radius 3 is 2.22 bits per heavy atom. The maximum atomic E-state index is 12.5. The third kappa shape index (κ3) is 3.48. The molecule has 0 aliphatic carbocycles. The third-order valence-corrected chi connectivity index (χ3v) is 5.01. The number of alkyl halides is 1. The van der Waals surface area contributed by atoms with Gasteiger partial charge in [-0.1, -0.05) is 12.1 Å².